The second-order valence-corrected chi connectivity index (χ2v) is 8.59. The number of benzene rings is 2. The van der Waals surface area contributed by atoms with Crippen molar-refractivity contribution in [2.45, 2.75) is 37.2 Å². The summed E-state index contributed by atoms with van der Waals surface area (Å²) in [6.07, 6.45) is 5.89. The standard InChI is InChI=1S/C28H34N2O4/c1-4-19-30(20-5-2)27(32)34-23-15-17-28(18-16-23,22-11-7-6-8-12-22)21-29-26(31)24-13-9-10-14-25(24)33-3/h4-14,23H,1-2,15-21H2,3H3,(H,29,31). The second kappa shape index (κ2) is 12.1. The van der Waals surface area contributed by atoms with Crippen molar-refractivity contribution < 1.29 is 19.1 Å². The summed E-state index contributed by atoms with van der Waals surface area (Å²) in [7, 11) is 1.56. The van der Waals surface area contributed by atoms with Gasteiger partial charge in [-0.15, -0.1) is 13.2 Å². The Labute approximate surface area is 202 Å². The summed E-state index contributed by atoms with van der Waals surface area (Å²) >= 11 is 0. The van der Waals surface area contributed by atoms with E-state index in [1.54, 1.807) is 36.3 Å². The third-order valence-electron chi connectivity index (χ3n) is 6.44. The number of hydrogen-bond acceptors (Lipinski definition) is 4. The van der Waals surface area contributed by atoms with E-state index in [4.69, 9.17) is 9.47 Å². The first kappa shape index (κ1) is 25.1. The van der Waals surface area contributed by atoms with E-state index in [9.17, 15) is 9.59 Å². The molecule has 0 heterocycles. The first-order valence-electron chi connectivity index (χ1n) is 11.7. The van der Waals surface area contributed by atoms with E-state index in [0.717, 1.165) is 25.7 Å². The number of methoxy groups -OCH3 is 1. The lowest BCUT2D eigenvalue weighted by Crippen LogP contribution is -2.45. The molecule has 1 fully saturated rings. The molecular weight excluding hydrogens is 428 g/mol. The maximum atomic E-state index is 13.0. The molecule has 0 aliphatic heterocycles. The molecule has 1 aliphatic carbocycles. The van der Waals surface area contributed by atoms with Crippen LogP contribution in [-0.2, 0) is 10.2 Å². The van der Waals surface area contributed by atoms with Crippen LogP contribution in [0.15, 0.2) is 79.9 Å². The fourth-order valence-corrected chi connectivity index (χ4v) is 4.55. The molecule has 0 unspecified atom stereocenters. The van der Waals surface area contributed by atoms with E-state index in [0.29, 0.717) is 30.9 Å². The molecule has 0 radical (unpaired) electrons. The van der Waals surface area contributed by atoms with Gasteiger partial charge in [-0.2, -0.15) is 0 Å². The summed E-state index contributed by atoms with van der Waals surface area (Å²) < 4.78 is 11.1. The Hall–Kier alpha value is -3.54. The van der Waals surface area contributed by atoms with Crippen LogP contribution < -0.4 is 10.1 Å². The molecule has 0 saturated heterocycles. The first-order valence-corrected chi connectivity index (χ1v) is 11.7. The van der Waals surface area contributed by atoms with Crippen molar-refractivity contribution >= 4 is 12.0 Å². The molecule has 6 nitrogen and oxygen atoms in total. The van der Waals surface area contributed by atoms with Crippen LogP contribution >= 0.6 is 0 Å². The fraction of sp³-hybridized carbons (Fsp3) is 0.357. The molecule has 0 atom stereocenters. The van der Waals surface area contributed by atoms with E-state index in [1.807, 2.05) is 30.3 Å². The van der Waals surface area contributed by atoms with Crippen molar-refractivity contribution in [2.75, 3.05) is 26.7 Å². The van der Waals surface area contributed by atoms with Gasteiger partial charge in [0.1, 0.15) is 11.9 Å². The van der Waals surface area contributed by atoms with Crippen molar-refractivity contribution in [2.24, 2.45) is 0 Å². The smallest absolute Gasteiger partial charge is 0.410 e. The van der Waals surface area contributed by atoms with Crippen LogP contribution in [0.25, 0.3) is 0 Å². The van der Waals surface area contributed by atoms with Crippen LogP contribution in [0.2, 0.25) is 0 Å². The average Bonchev–Trinajstić information content (AvgIpc) is 2.88. The molecule has 34 heavy (non-hydrogen) atoms. The van der Waals surface area contributed by atoms with E-state index in [1.165, 1.54) is 5.56 Å². The molecule has 0 spiro atoms. The summed E-state index contributed by atoms with van der Waals surface area (Å²) in [4.78, 5) is 27.1. The van der Waals surface area contributed by atoms with Gasteiger partial charge in [0.05, 0.1) is 12.7 Å². The predicted octanol–water partition coefficient (Wildman–Crippen LogP) is 5.12. The molecule has 1 aliphatic rings. The Morgan fingerprint density at radius 1 is 1.03 bits per heavy atom. The number of rotatable bonds is 10. The minimum absolute atomic E-state index is 0.161. The van der Waals surface area contributed by atoms with Crippen LogP contribution in [0.5, 0.6) is 5.75 Å². The van der Waals surface area contributed by atoms with Crippen molar-refractivity contribution in [3.8, 4) is 5.75 Å². The molecular formula is C28H34N2O4. The van der Waals surface area contributed by atoms with Gasteiger partial charge in [0, 0.05) is 25.0 Å². The molecule has 1 N–H and O–H groups in total. The van der Waals surface area contributed by atoms with Gasteiger partial charge in [0.2, 0.25) is 0 Å². The topological polar surface area (TPSA) is 67.9 Å². The highest BCUT2D eigenvalue weighted by Crippen LogP contribution is 2.40. The average molecular weight is 463 g/mol. The summed E-state index contributed by atoms with van der Waals surface area (Å²) in [5, 5.41) is 3.13. The van der Waals surface area contributed by atoms with Gasteiger partial charge in [-0.25, -0.2) is 4.79 Å². The van der Waals surface area contributed by atoms with Crippen LogP contribution in [0, 0.1) is 0 Å². The second-order valence-electron chi connectivity index (χ2n) is 8.59. The monoisotopic (exact) mass is 462 g/mol. The van der Waals surface area contributed by atoms with Crippen molar-refractivity contribution in [1.82, 2.24) is 10.2 Å². The molecule has 2 aromatic carbocycles. The number of para-hydroxylation sites is 1. The number of ether oxygens (including phenoxy) is 2. The number of nitrogens with one attached hydrogen (secondary N) is 1. The Morgan fingerprint density at radius 2 is 1.65 bits per heavy atom. The molecule has 3 rings (SSSR count). The van der Waals surface area contributed by atoms with E-state index in [-0.39, 0.29) is 23.5 Å². The summed E-state index contributed by atoms with van der Waals surface area (Å²) in [6, 6.07) is 17.5. The van der Waals surface area contributed by atoms with Crippen molar-refractivity contribution in [1.29, 1.82) is 0 Å². The maximum Gasteiger partial charge on any atom is 0.410 e. The number of nitrogens with zero attached hydrogens (tertiary/aromatic N) is 1. The molecule has 6 heteroatoms. The van der Waals surface area contributed by atoms with Gasteiger partial charge in [-0.3, -0.25) is 4.79 Å². The molecule has 1 saturated carbocycles. The predicted molar refractivity (Wildman–Crippen MR) is 134 cm³/mol. The summed E-state index contributed by atoms with van der Waals surface area (Å²) in [5.41, 5.74) is 1.46. The zero-order valence-corrected chi connectivity index (χ0v) is 19.9. The van der Waals surface area contributed by atoms with Gasteiger partial charge < -0.3 is 19.7 Å². The van der Waals surface area contributed by atoms with E-state index < -0.39 is 0 Å². The van der Waals surface area contributed by atoms with Crippen LogP contribution in [0.4, 0.5) is 4.79 Å². The highest BCUT2D eigenvalue weighted by molar-refractivity contribution is 5.97. The number of carbonyl (C=O) groups excluding carboxylic acids is 2. The zero-order chi connectivity index (χ0) is 24.4. The van der Waals surface area contributed by atoms with Gasteiger partial charge in [-0.05, 0) is 43.4 Å². The van der Waals surface area contributed by atoms with Crippen molar-refractivity contribution in [3.05, 3.63) is 91.0 Å². The normalized spacial score (nSPS) is 19.5. The molecule has 2 amide bonds. The maximum absolute atomic E-state index is 13.0. The van der Waals surface area contributed by atoms with Crippen molar-refractivity contribution in [3.63, 3.8) is 0 Å². The quantitative estimate of drug-likeness (QED) is 0.498. The van der Waals surface area contributed by atoms with E-state index >= 15 is 0 Å². The lowest BCUT2D eigenvalue weighted by Gasteiger charge is -2.41. The fourth-order valence-electron chi connectivity index (χ4n) is 4.55. The Balaban J connectivity index is 1.69. The van der Waals surface area contributed by atoms with Gasteiger partial charge >= 0.3 is 6.09 Å². The third kappa shape index (κ3) is 6.07. The van der Waals surface area contributed by atoms with Gasteiger partial charge in [0.25, 0.3) is 5.91 Å². The largest absolute Gasteiger partial charge is 0.496 e. The van der Waals surface area contributed by atoms with Crippen LogP contribution in [-0.4, -0.2) is 49.7 Å². The molecule has 0 bridgehead atoms. The zero-order valence-electron chi connectivity index (χ0n) is 19.9. The molecule has 2 aromatic rings. The minimum Gasteiger partial charge on any atom is -0.496 e. The SMILES string of the molecule is C=CCN(CC=C)C(=O)OC1CCC(CNC(=O)c2ccccc2OC)(c2ccccc2)CC1. The minimum atomic E-state index is -0.346. The highest BCUT2D eigenvalue weighted by Gasteiger charge is 2.38. The summed E-state index contributed by atoms with van der Waals surface area (Å²) in [5.74, 6) is 0.388. The highest BCUT2D eigenvalue weighted by atomic mass is 16.6. The van der Waals surface area contributed by atoms with Gasteiger partial charge in [0.15, 0.2) is 0 Å². The number of hydrogen-bond donors (Lipinski definition) is 1. The lowest BCUT2D eigenvalue weighted by molar-refractivity contribution is 0.0364. The molecule has 180 valence electrons. The Morgan fingerprint density at radius 3 is 2.26 bits per heavy atom. The number of amides is 2. The first-order chi connectivity index (χ1) is 16.5. The van der Waals surface area contributed by atoms with Gasteiger partial charge in [-0.1, -0.05) is 54.6 Å². The Kier molecular flexibility index (Phi) is 8.91. The number of carbonyl (C=O) groups is 2. The molecule has 0 aromatic heterocycles. The Bertz CT molecular complexity index is 971. The van der Waals surface area contributed by atoms with E-state index in [2.05, 4.69) is 30.6 Å². The third-order valence-corrected chi connectivity index (χ3v) is 6.44. The van der Waals surface area contributed by atoms with Crippen LogP contribution in [0.1, 0.15) is 41.6 Å². The lowest BCUT2D eigenvalue weighted by atomic mass is 9.68. The van der Waals surface area contributed by atoms with Crippen LogP contribution in [0.3, 0.4) is 0 Å². The summed E-state index contributed by atoms with van der Waals surface area (Å²) in [6.45, 7) is 8.74.